The van der Waals surface area contributed by atoms with Crippen LogP contribution in [0.5, 0.6) is 0 Å². The summed E-state index contributed by atoms with van der Waals surface area (Å²) in [7, 11) is 0. The lowest BCUT2D eigenvalue weighted by atomic mass is 9.96. The van der Waals surface area contributed by atoms with Gasteiger partial charge in [-0.1, -0.05) is 6.92 Å². The van der Waals surface area contributed by atoms with Gasteiger partial charge in [-0.25, -0.2) is 0 Å². The minimum Gasteiger partial charge on any atom is -0.354 e. The number of aromatic nitrogens is 1. The van der Waals surface area contributed by atoms with Crippen molar-refractivity contribution in [2.75, 3.05) is 26.2 Å². The van der Waals surface area contributed by atoms with Crippen molar-refractivity contribution in [3.63, 3.8) is 0 Å². The maximum Gasteiger partial charge on any atom is 0.270 e. The predicted octanol–water partition coefficient (Wildman–Crippen LogP) is 2.23. The zero-order valence-corrected chi connectivity index (χ0v) is 18.4. The minimum absolute atomic E-state index is 0. The number of ketones is 1. The summed E-state index contributed by atoms with van der Waals surface area (Å²) >= 11 is 0. The van der Waals surface area contributed by atoms with Crippen molar-refractivity contribution in [1.82, 2.24) is 20.5 Å². The Labute approximate surface area is 178 Å². The molecule has 0 radical (unpaired) electrons. The number of aromatic amines is 1. The molecule has 2 saturated heterocycles. The summed E-state index contributed by atoms with van der Waals surface area (Å²) in [6, 6.07) is -0.0691. The zero-order valence-electron chi connectivity index (χ0n) is 17.6. The molecule has 1 aromatic rings. The molecule has 7 nitrogen and oxygen atoms in total. The Balaban J connectivity index is 0.00000300. The fraction of sp³-hybridized carbons (Fsp3) is 0.667. The van der Waals surface area contributed by atoms with Gasteiger partial charge >= 0.3 is 0 Å². The van der Waals surface area contributed by atoms with Gasteiger partial charge in [0.1, 0.15) is 5.69 Å². The van der Waals surface area contributed by atoms with E-state index in [1.807, 2.05) is 18.7 Å². The normalized spacial score (nSPS) is 21.6. The maximum atomic E-state index is 13.1. The van der Waals surface area contributed by atoms with E-state index in [9.17, 15) is 14.4 Å². The number of H-pyrrole nitrogens is 1. The predicted molar refractivity (Wildman–Crippen MR) is 115 cm³/mol. The van der Waals surface area contributed by atoms with Crippen molar-refractivity contribution in [2.24, 2.45) is 5.92 Å². The number of carbonyl (C=O) groups excluding carboxylic acids is 3. The molecule has 2 amide bonds. The second-order valence-corrected chi connectivity index (χ2v) is 8.04. The number of amides is 2. The fourth-order valence-corrected chi connectivity index (χ4v) is 4.54. The summed E-state index contributed by atoms with van der Waals surface area (Å²) in [5.41, 5.74) is 2.77. The number of carbonyl (C=O) groups is 3. The van der Waals surface area contributed by atoms with Gasteiger partial charge < -0.3 is 20.5 Å². The first-order valence-electron chi connectivity index (χ1n) is 10.4. The van der Waals surface area contributed by atoms with Gasteiger partial charge in [-0.15, -0.1) is 12.4 Å². The summed E-state index contributed by atoms with van der Waals surface area (Å²) in [6.07, 6.45) is 4.51. The molecular formula is C21H33ClN4O3. The molecule has 2 aliphatic rings. The van der Waals surface area contributed by atoms with Crippen LogP contribution in [0.2, 0.25) is 0 Å². The maximum absolute atomic E-state index is 13.1. The molecule has 0 spiro atoms. The number of halogens is 1. The van der Waals surface area contributed by atoms with Crippen LogP contribution >= 0.6 is 12.4 Å². The molecule has 2 fully saturated rings. The molecule has 2 aliphatic heterocycles. The molecule has 8 heteroatoms. The highest BCUT2D eigenvalue weighted by molar-refractivity contribution is 6.02. The summed E-state index contributed by atoms with van der Waals surface area (Å²) < 4.78 is 0. The van der Waals surface area contributed by atoms with Crippen molar-refractivity contribution < 1.29 is 14.4 Å². The molecule has 2 unspecified atom stereocenters. The fourth-order valence-electron chi connectivity index (χ4n) is 4.54. The van der Waals surface area contributed by atoms with Crippen LogP contribution in [-0.2, 0) is 11.2 Å². The number of Topliss-reactive ketones (excluding diaryl/α,β-unsaturated/α-hetero) is 1. The monoisotopic (exact) mass is 424 g/mol. The van der Waals surface area contributed by atoms with E-state index in [2.05, 4.69) is 15.6 Å². The van der Waals surface area contributed by atoms with Crippen LogP contribution in [0.3, 0.4) is 0 Å². The van der Waals surface area contributed by atoms with Gasteiger partial charge in [-0.2, -0.15) is 0 Å². The Morgan fingerprint density at radius 1 is 1.21 bits per heavy atom. The minimum atomic E-state index is -0.0691. The summed E-state index contributed by atoms with van der Waals surface area (Å²) in [5, 5.41) is 6.27. The van der Waals surface area contributed by atoms with Crippen LogP contribution in [0.25, 0.3) is 0 Å². The number of rotatable bonds is 6. The lowest BCUT2D eigenvalue weighted by molar-refractivity contribution is -0.123. The Morgan fingerprint density at radius 3 is 2.59 bits per heavy atom. The molecule has 2 atom stereocenters. The topological polar surface area (TPSA) is 94.3 Å². The SMILES string of the molecule is CCc1c(C(=O)N2CCCC(CNC(=O)C3CCCN3)C2)[nH]c(C)c1C(C)=O.Cl. The number of aryl methyl sites for hydroxylation is 1. The third-order valence-corrected chi connectivity index (χ3v) is 5.96. The van der Waals surface area contributed by atoms with E-state index in [4.69, 9.17) is 0 Å². The van der Waals surface area contributed by atoms with E-state index in [0.29, 0.717) is 37.3 Å². The summed E-state index contributed by atoms with van der Waals surface area (Å²) in [4.78, 5) is 42.4. The van der Waals surface area contributed by atoms with Crippen LogP contribution in [0.1, 0.15) is 71.6 Å². The molecule has 0 bridgehead atoms. The van der Waals surface area contributed by atoms with Gasteiger partial charge in [0.15, 0.2) is 5.78 Å². The number of likely N-dealkylation sites (tertiary alicyclic amines) is 1. The summed E-state index contributed by atoms with van der Waals surface area (Å²) in [6.45, 7) is 8.21. The molecule has 162 valence electrons. The van der Waals surface area contributed by atoms with E-state index in [1.54, 1.807) is 6.92 Å². The second kappa shape index (κ2) is 10.3. The van der Waals surface area contributed by atoms with Crippen LogP contribution in [0.4, 0.5) is 0 Å². The molecule has 0 aromatic carbocycles. The number of hydrogen-bond donors (Lipinski definition) is 3. The standard InChI is InChI=1S/C21H32N4O3.ClH/c1-4-16-18(14(3)26)13(2)24-19(16)21(28)25-10-6-7-15(12-25)11-23-20(27)17-8-5-9-22-17;/h15,17,22,24H,4-12H2,1-3H3,(H,23,27);1H. The Morgan fingerprint density at radius 2 is 1.97 bits per heavy atom. The Bertz CT molecular complexity index is 755. The van der Waals surface area contributed by atoms with E-state index in [0.717, 1.165) is 43.5 Å². The van der Waals surface area contributed by atoms with E-state index < -0.39 is 0 Å². The molecule has 0 saturated carbocycles. The highest BCUT2D eigenvalue weighted by Crippen LogP contribution is 2.24. The van der Waals surface area contributed by atoms with Crippen LogP contribution in [-0.4, -0.2) is 59.7 Å². The van der Waals surface area contributed by atoms with Crippen molar-refractivity contribution in [3.05, 3.63) is 22.5 Å². The molecule has 29 heavy (non-hydrogen) atoms. The number of piperidine rings is 1. The summed E-state index contributed by atoms with van der Waals surface area (Å²) in [5.74, 6) is 0.280. The van der Waals surface area contributed by atoms with Crippen LogP contribution < -0.4 is 10.6 Å². The highest BCUT2D eigenvalue weighted by Gasteiger charge is 2.30. The third-order valence-electron chi connectivity index (χ3n) is 5.96. The van der Waals surface area contributed by atoms with Gasteiger partial charge in [-0.3, -0.25) is 14.4 Å². The lowest BCUT2D eigenvalue weighted by Gasteiger charge is -2.33. The van der Waals surface area contributed by atoms with Crippen molar-refractivity contribution in [2.45, 2.75) is 58.9 Å². The van der Waals surface area contributed by atoms with Crippen molar-refractivity contribution in [3.8, 4) is 0 Å². The Kier molecular flexibility index (Phi) is 8.28. The van der Waals surface area contributed by atoms with Gasteiger partial charge in [-0.05, 0) is 64.0 Å². The molecule has 0 aliphatic carbocycles. The van der Waals surface area contributed by atoms with Crippen LogP contribution in [0.15, 0.2) is 0 Å². The van der Waals surface area contributed by atoms with E-state index in [1.165, 1.54) is 0 Å². The molecule has 3 heterocycles. The molecule has 1 aromatic heterocycles. The molecule has 3 rings (SSSR count). The van der Waals surface area contributed by atoms with Crippen LogP contribution in [0, 0.1) is 12.8 Å². The lowest BCUT2D eigenvalue weighted by Crippen LogP contribution is -2.46. The average molecular weight is 425 g/mol. The molecule has 3 N–H and O–H groups in total. The van der Waals surface area contributed by atoms with Crippen molar-refractivity contribution >= 4 is 30.0 Å². The smallest absolute Gasteiger partial charge is 0.270 e. The second-order valence-electron chi connectivity index (χ2n) is 8.04. The highest BCUT2D eigenvalue weighted by atomic mass is 35.5. The third kappa shape index (κ3) is 5.20. The zero-order chi connectivity index (χ0) is 20.3. The quantitative estimate of drug-likeness (QED) is 0.610. The first-order valence-corrected chi connectivity index (χ1v) is 10.4. The van der Waals surface area contributed by atoms with Gasteiger partial charge in [0.05, 0.1) is 6.04 Å². The van der Waals surface area contributed by atoms with Gasteiger partial charge in [0.25, 0.3) is 5.91 Å². The van der Waals surface area contributed by atoms with E-state index >= 15 is 0 Å². The number of hydrogen-bond acceptors (Lipinski definition) is 4. The number of nitrogens with one attached hydrogen (secondary N) is 3. The average Bonchev–Trinajstić information content (AvgIpc) is 3.33. The molecular weight excluding hydrogens is 392 g/mol. The Hall–Kier alpha value is -1.86. The van der Waals surface area contributed by atoms with Gasteiger partial charge in [0.2, 0.25) is 5.91 Å². The first kappa shape index (κ1) is 23.4. The van der Waals surface area contributed by atoms with E-state index in [-0.39, 0.29) is 42.0 Å². The first-order chi connectivity index (χ1) is 13.4. The number of nitrogens with zero attached hydrogens (tertiary/aromatic N) is 1. The van der Waals surface area contributed by atoms with Crippen molar-refractivity contribution in [1.29, 1.82) is 0 Å². The van der Waals surface area contributed by atoms with Gasteiger partial charge in [0, 0.05) is 30.9 Å². The largest absolute Gasteiger partial charge is 0.354 e.